The number of aryl methyl sites for hydroxylation is 1. The number of carbonyl (C=O) groups excluding carboxylic acids is 1. The number of hydrogen-bond acceptors (Lipinski definition) is 5. The number of amides is 1. The van der Waals surface area contributed by atoms with Crippen molar-refractivity contribution in [2.24, 2.45) is 0 Å². The van der Waals surface area contributed by atoms with E-state index in [0.717, 1.165) is 74.9 Å². The van der Waals surface area contributed by atoms with E-state index in [1.807, 2.05) is 23.9 Å². The lowest BCUT2D eigenvalue weighted by Gasteiger charge is -2.36. The van der Waals surface area contributed by atoms with Crippen molar-refractivity contribution in [2.75, 3.05) is 45.0 Å². The number of carbonyl (C=O) groups is 1. The fourth-order valence-corrected chi connectivity index (χ4v) is 7.68. The molecule has 1 atom stereocenters. The smallest absolute Gasteiger partial charge is 0.255 e. The number of hydrogen-bond donors (Lipinski definition) is 1. The lowest BCUT2D eigenvalue weighted by atomic mass is 9.99. The molecule has 1 fully saturated rings. The van der Waals surface area contributed by atoms with Gasteiger partial charge in [-0.3, -0.25) is 9.69 Å². The van der Waals surface area contributed by atoms with Crippen LogP contribution in [0.3, 0.4) is 0 Å². The number of nitrogens with one attached hydrogen (secondary N) is 1. The summed E-state index contributed by atoms with van der Waals surface area (Å²) in [5.74, 6) is 1.22. The molecule has 1 amide bonds. The summed E-state index contributed by atoms with van der Waals surface area (Å²) >= 11 is 9.63. The number of unbranched alkanes of at least 4 members (excludes halogenated alkanes) is 1. The molecule has 2 aliphatic rings. The van der Waals surface area contributed by atoms with Gasteiger partial charge in [-0.25, -0.2) is 0 Å². The maximum Gasteiger partial charge on any atom is 0.255 e. The van der Waals surface area contributed by atoms with Crippen molar-refractivity contribution in [3.05, 3.63) is 75.6 Å². The van der Waals surface area contributed by atoms with Crippen LogP contribution in [0, 0.1) is 6.92 Å². The summed E-state index contributed by atoms with van der Waals surface area (Å²) in [6, 6.07) is 19.6. The zero-order valence-corrected chi connectivity index (χ0v) is 23.2. The molecule has 0 bridgehead atoms. The van der Waals surface area contributed by atoms with Gasteiger partial charge in [-0.15, -0.1) is 23.1 Å². The summed E-state index contributed by atoms with van der Waals surface area (Å²) in [6.45, 7) is 8.06. The molecule has 1 saturated heterocycles. The summed E-state index contributed by atoms with van der Waals surface area (Å²) in [5.41, 5.74) is 4.71. The van der Waals surface area contributed by atoms with Gasteiger partial charge in [-0.1, -0.05) is 48.0 Å². The van der Waals surface area contributed by atoms with Crippen LogP contribution in [0.25, 0.3) is 11.1 Å². The molecule has 0 spiro atoms. The van der Waals surface area contributed by atoms with Gasteiger partial charge in [0.1, 0.15) is 0 Å². The van der Waals surface area contributed by atoms with Crippen molar-refractivity contribution in [1.82, 2.24) is 15.1 Å². The van der Waals surface area contributed by atoms with E-state index < -0.39 is 0 Å². The van der Waals surface area contributed by atoms with E-state index in [-0.39, 0.29) is 5.91 Å². The van der Waals surface area contributed by atoms with Crippen LogP contribution in [0.5, 0.6) is 0 Å². The molecule has 3 heterocycles. The van der Waals surface area contributed by atoms with Gasteiger partial charge in [0, 0.05) is 54.4 Å². The highest BCUT2D eigenvalue weighted by molar-refractivity contribution is 8.01. The normalized spacial score (nSPS) is 18.8. The van der Waals surface area contributed by atoms with Crippen molar-refractivity contribution >= 4 is 40.6 Å². The Balaban J connectivity index is 1.12. The minimum absolute atomic E-state index is 0.224. The predicted octanol–water partition coefficient (Wildman–Crippen LogP) is 6.22. The molecule has 7 heteroatoms. The first-order valence-electron chi connectivity index (χ1n) is 12.9. The van der Waals surface area contributed by atoms with Crippen LogP contribution in [-0.2, 0) is 6.42 Å². The largest absolute Gasteiger partial charge is 0.338 e. The SMILES string of the molecule is Cc1cc2c(s1)SCCN(CCCCN1CCNCC1Cc1ccc(-c3ccc(Cl)cc3)cc1)C2=O. The third kappa shape index (κ3) is 6.35. The summed E-state index contributed by atoms with van der Waals surface area (Å²) in [7, 11) is 0. The number of nitrogens with zero attached hydrogens (tertiary/aromatic N) is 2. The van der Waals surface area contributed by atoms with Crippen LogP contribution in [0.15, 0.2) is 58.8 Å². The second-order valence-electron chi connectivity index (χ2n) is 9.71. The minimum atomic E-state index is 0.224. The molecule has 3 aromatic rings. The second-order valence-corrected chi connectivity index (χ2v) is 12.8. The summed E-state index contributed by atoms with van der Waals surface area (Å²) in [4.78, 5) is 19.0. The Morgan fingerprint density at radius 2 is 1.72 bits per heavy atom. The van der Waals surface area contributed by atoms with Crippen molar-refractivity contribution in [1.29, 1.82) is 0 Å². The van der Waals surface area contributed by atoms with Gasteiger partial charge < -0.3 is 10.2 Å². The molecule has 190 valence electrons. The third-order valence-corrected chi connectivity index (χ3v) is 9.70. The highest BCUT2D eigenvalue weighted by atomic mass is 35.5. The Kier molecular flexibility index (Phi) is 8.70. The molecule has 1 N–H and O–H groups in total. The fourth-order valence-electron chi connectivity index (χ4n) is 5.15. The maximum atomic E-state index is 13.0. The second kappa shape index (κ2) is 12.1. The number of thiophene rings is 1. The quantitative estimate of drug-likeness (QED) is 0.345. The molecule has 1 aromatic heterocycles. The summed E-state index contributed by atoms with van der Waals surface area (Å²) in [6.07, 6.45) is 3.23. The highest BCUT2D eigenvalue weighted by Gasteiger charge is 2.25. The summed E-state index contributed by atoms with van der Waals surface area (Å²) in [5, 5.41) is 4.35. The molecule has 0 radical (unpaired) electrons. The van der Waals surface area contributed by atoms with E-state index in [0.29, 0.717) is 6.04 Å². The molecule has 2 aromatic carbocycles. The average Bonchev–Trinajstić information content (AvgIpc) is 3.20. The molecule has 5 rings (SSSR count). The van der Waals surface area contributed by atoms with Crippen molar-refractivity contribution in [3.63, 3.8) is 0 Å². The molecular weight excluding hydrogens is 506 g/mol. The standard InChI is InChI=1S/C29H34ClN3OS2/c1-21-18-27-28(34)33(16-17-35-29(27)36-21)14-3-2-13-32-15-12-31-20-26(32)19-22-4-6-23(7-5-22)24-8-10-25(30)11-9-24/h4-11,18,26,31H,2-3,12-17,19-20H2,1H3. The van der Waals surface area contributed by atoms with E-state index in [1.54, 1.807) is 11.3 Å². The number of benzene rings is 2. The Morgan fingerprint density at radius 3 is 2.50 bits per heavy atom. The molecule has 0 aliphatic carbocycles. The van der Waals surface area contributed by atoms with Crippen LogP contribution in [0.1, 0.15) is 33.6 Å². The van der Waals surface area contributed by atoms with E-state index in [4.69, 9.17) is 11.6 Å². The molecule has 1 unspecified atom stereocenters. The predicted molar refractivity (Wildman–Crippen MR) is 154 cm³/mol. The lowest BCUT2D eigenvalue weighted by Crippen LogP contribution is -2.52. The fraction of sp³-hybridized carbons (Fsp3) is 0.414. The number of halogens is 1. The van der Waals surface area contributed by atoms with Crippen LogP contribution in [-0.4, -0.2) is 66.8 Å². The van der Waals surface area contributed by atoms with Gasteiger partial charge >= 0.3 is 0 Å². The van der Waals surface area contributed by atoms with E-state index in [9.17, 15) is 4.79 Å². The first-order chi connectivity index (χ1) is 17.6. The van der Waals surface area contributed by atoms with Crippen LogP contribution < -0.4 is 5.32 Å². The summed E-state index contributed by atoms with van der Waals surface area (Å²) < 4.78 is 1.20. The van der Waals surface area contributed by atoms with Gasteiger partial charge in [-0.2, -0.15) is 0 Å². The number of rotatable bonds is 8. The number of fused-ring (bicyclic) bond motifs is 1. The third-order valence-electron chi connectivity index (χ3n) is 7.13. The topological polar surface area (TPSA) is 35.6 Å². The number of thioether (sulfide) groups is 1. The highest BCUT2D eigenvalue weighted by Crippen LogP contribution is 2.35. The Morgan fingerprint density at radius 1 is 1.00 bits per heavy atom. The van der Waals surface area contributed by atoms with Crippen molar-refractivity contribution in [2.45, 2.75) is 36.4 Å². The lowest BCUT2D eigenvalue weighted by molar-refractivity contribution is 0.0759. The van der Waals surface area contributed by atoms with Crippen LogP contribution in [0.4, 0.5) is 0 Å². The monoisotopic (exact) mass is 539 g/mol. The molecular formula is C29H34ClN3OS2. The number of piperazine rings is 1. The molecule has 2 aliphatic heterocycles. The maximum absolute atomic E-state index is 13.0. The Hall–Kier alpha value is -1.83. The van der Waals surface area contributed by atoms with E-state index in [1.165, 1.54) is 25.8 Å². The van der Waals surface area contributed by atoms with Crippen molar-refractivity contribution < 1.29 is 4.79 Å². The average molecular weight is 540 g/mol. The van der Waals surface area contributed by atoms with Gasteiger partial charge in [0.05, 0.1) is 9.77 Å². The molecule has 36 heavy (non-hydrogen) atoms. The minimum Gasteiger partial charge on any atom is -0.338 e. The van der Waals surface area contributed by atoms with Gasteiger partial charge in [-0.05, 0) is 67.6 Å². The van der Waals surface area contributed by atoms with Gasteiger partial charge in [0.15, 0.2) is 0 Å². The van der Waals surface area contributed by atoms with Crippen LogP contribution in [0.2, 0.25) is 5.02 Å². The van der Waals surface area contributed by atoms with Crippen LogP contribution >= 0.6 is 34.7 Å². The Labute approximate surface area is 228 Å². The molecule has 4 nitrogen and oxygen atoms in total. The van der Waals surface area contributed by atoms with E-state index in [2.05, 4.69) is 64.5 Å². The first-order valence-corrected chi connectivity index (χ1v) is 15.1. The van der Waals surface area contributed by atoms with Gasteiger partial charge in [0.2, 0.25) is 0 Å². The zero-order chi connectivity index (χ0) is 24.9. The van der Waals surface area contributed by atoms with Crippen molar-refractivity contribution in [3.8, 4) is 11.1 Å². The molecule has 0 saturated carbocycles. The van der Waals surface area contributed by atoms with Gasteiger partial charge in [0.25, 0.3) is 5.91 Å². The Bertz CT molecular complexity index is 1160. The first kappa shape index (κ1) is 25.8. The van der Waals surface area contributed by atoms with E-state index >= 15 is 0 Å². The zero-order valence-electron chi connectivity index (χ0n) is 20.8.